The third-order valence-electron chi connectivity index (χ3n) is 2.59. The summed E-state index contributed by atoms with van der Waals surface area (Å²) in [4.78, 5) is 11.8. The fourth-order valence-electron chi connectivity index (χ4n) is 1.69. The number of thioether (sulfide) groups is 2. The second-order valence-corrected chi connectivity index (χ2v) is 6.47. The first-order valence-electron chi connectivity index (χ1n) is 5.63. The van der Waals surface area contributed by atoms with Gasteiger partial charge in [0, 0.05) is 29.1 Å². The standard InChI is InChI=1S/C12H14FNO2S2/c13-9-2-1-3-10(15)11(9)12(16)14-6-8-7-17-4-5-18-8/h1-3,8,15H,4-7H2,(H,14,16). The number of rotatable bonds is 3. The van der Waals surface area contributed by atoms with E-state index in [0.717, 1.165) is 17.3 Å². The highest BCUT2D eigenvalue weighted by Gasteiger charge is 2.19. The molecule has 1 aromatic rings. The molecule has 1 aliphatic heterocycles. The van der Waals surface area contributed by atoms with E-state index in [-0.39, 0.29) is 11.3 Å². The van der Waals surface area contributed by atoms with Crippen LogP contribution in [0, 0.1) is 5.82 Å². The number of hydrogen-bond donors (Lipinski definition) is 2. The van der Waals surface area contributed by atoms with Crippen LogP contribution in [0.2, 0.25) is 0 Å². The second-order valence-electron chi connectivity index (χ2n) is 3.91. The van der Waals surface area contributed by atoms with Crippen LogP contribution in [0.1, 0.15) is 10.4 Å². The molecule has 1 fully saturated rings. The first kappa shape index (κ1) is 13.5. The summed E-state index contributed by atoms with van der Waals surface area (Å²) in [5.41, 5.74) is -0.272. The largest absolute Gasteiger partial charge is 0.507 e. The van der Waals surface area contributed by atoms with Crippen molar-refractivity contribution in [2.24, 2.45) is 0 Å². The molecule has 1 aromatic carbocycles. The lowest BCUT2D eigenvalue weighted by atomic mass is 10.1. The Morgan fingerprint density at radius 3 is 3.00 bits per heavy atom. The second kappa shape index (κ2) is 6.33. The monoisotopic (exact) mass is 287 g/mol. The molecule has 1 heterocycles. The lowest BCUT2D eigenvalue weighted by Crippen LogP contribution is -2.33. The number of benzene rings is 1. The van der Waals surface area contributed by atoms with E-state index in [1.165, 1.54) is 18.2 Å². The number of aromatic hydroxyl groups is 1. The predicted octanol–water partition coefficient (Wildman–Crippen LogP) is 2.11. The van der Waals surface area contributed by atoms with Crippen LogP contribution in [0.15, 0.2) is 18.2 Å². The van der Waals surface area contributed by atoms with Crippen molar-refractivity contribution < 1.29 is 14.3 Å². The molecule has 2 rings (SSSR count). The molecule has 1 atom stereocenters. The summed E-state index contributed by atoms with van der Waals surface area (Å²) < 4.78 is 13.4. The number of hydrogen-bond acceptors (Lipinski definition) is 4. The van der Waals surface area contributed by atoms with Gasteiger partial charge in [-0.2, -0.15) is 23.5 Å². The van der Waals surface area contributed by atoms with Gasteiger partial charge >= 0.3 is 0 Å². The van der Waals surface area contributed by atoms with Gasteiger partial charge in [-0.05, 0) is 12.1 Å². The fourth-order valence-corrected chi connectivity index (χ4v) is 4.30. The minimum absolute atomic E-state index is 0.272. The first-order chi connectivity index (χ1) is 8.68. The zero-order chi connectivity index (χ0) is 13.0. The highest BCUT2D eigenvalue weighted by Crippen LogP contribution is 2.24. The average Bonchev–Trinajstić information content (AvgIpc) is 2.37. The molecule has 1 aliphatic rings. The van der Waals surface area contributed by atoms with Crippen molar-refractivity contribution >= 4 is 29.4 Å². The number of halogens is 1. The Morgan fingerprint density at radius 1 is 1.50 bits per heavy atom. The molecule has 1 amide bonds. The van der Waals surface area contributed by atoms with Crippen molar-refractivity contribution in [2.45, 2.75) is 5.25 Å². The summed E-state index contributed by atoms with van der Waals surface area (Å²) in [6.45, 7) is 0.504. The molecule has 6 heteroatoms. The van der Waals surface area contributed by atoms with Crippen LogP contribution >= 0.6 is 23.5 Å². The zero-order valence-corrected chi connectivity index (χ0v) is 11.3. The van der Waals surface area contributed by atoms with Crippen molar-refractivity contribution in [2.75, 3.05) is 23.8 Å². The number of phenols is 1. The smallest absolute Gasteiger partial charge is 0.258 e. The maximum Gasteiger partial charge on any atom is 0.258 e. The highest BCUT2D eigenvalue weighted by molar-refractivity contribution is 8.06. The summed E-state index contributed by atoms with van der Waals surface area (Å²) in [5, 5.41) is 12.5. The molecule has 0 aromatic heterocycles. The van der Waals surface area contributed by atoms with Crippen LogP contribution < -0.4 is 5.32 Å². The molecule has 0 radical (unpaired) electrons. The van der Waals surface area contributed by atoms with Crippen LogP contribution in [-0.2, 0) is 0 Å². The number of carbonyl (C=O) groups is 1. The Bertz CT molecular complexity index is 416. The third-order valence-corrected chi connectivity index (χ3v) is 5.44. The van der Waals surface area contributed by atoms with Gasteiger partial charge < -0.3 is 10.4 Å². The summed E-state index contributed by atoms with van der Waals surface area (Å²) in [7, 11) is 0. The summed E-state index contributed by atoms with van der Waals surface area (Å²) in [6, 6.07) is 3.85. The molecular weight excluding hydrogens is 273 g/mol. The van der Waals surface area contributed by atoms with E-state index in [4.69, 9.17) is 0 Å². The molecule has 2 N–H and O–H groups in total. The van der Waals surface area contributed by atoms with E-state index < -0.39 is 11.7 Å². The molecule has 98 valence electrons. The Labute approximate surface area is 114 Å². The molecule has 3 nitrogen and oxygen atoms in total. The minimum Gasteiger partial charge on any atom is -0.507 e. The van der Waals surface area contributed by atoms with Gasteiger partial charge in [-0.15, -0.1) is 0 Å². The summed E-state index contributed by atoms with van der Waals surface area (Å²) in [5.74, 6) is 1.64. The average molecular weight is 287 g/mol. The molecule has 1 unspecified atom stereocenters. The van der Waals surface area contributed by atoms with Gasteiger partial charge in [0.2, 0.25) is 0 Å². The SMILES string of the molecule is O=C(NCC1CSCCS1)c1c(O)cccc1F. The number of nitrogens with one attached hydrogen (secondary N) is 1. The van der Waals surface area contributed by atoms with Gasteiger partial charge in [-0.25, -0.2) is 4.39 Å². The van der Waals surface area contributed by atoms with Crippen LogP contribution in [-0.4, -0.2) is 40.1 Å². The predicted molar refractivity (Wildman–Crippen MR) is 74.0 cm³/mol. The van der Waals surface area contributed by atoms with Crippen LogP contribution in [0.5, 0.6) is 5.75 Å². The van der Waals surface area contributed by atoms with Crippen LogP contribution in [0.4, 0.5) is 4.39 Å². The quantitative estimate of drug-likeness (QED) is 0.894. The molecule has 0 saturated carbocycles. The van der Waals surface area contributed by atoms with Gasteiger partial charge in [0.25, 0.3) is 5.91 Å². The van der Waals surface area contributed by atoms with Crippen molar-refractivity contribution in [1.82, 2.24) is 5.32 Å². The normalized spacial score (nSPS) is 19.5. The maximum atomic E-state index is 13.4. The molecule has 0 bridgehead atoms. The van der Waals surface area contributed by atoms with Gasteiger partial charge in [0.1, 0.15) is 17.1 Å². The van der Waals surface area contributed by atoms with E-state index in [2.05, 4.69) is 5.32 Å². The highest BCUT2D eigenvalue weighted by atomic mass is 32.2. The molecule has 0 spiro atoms. The Morgan fingerprint density at radius 2 is 2.33 bits per heavy atom. The van der Waals surface area contributed by atoms with E-state index in [0.29, 0.717) is 11.8 Å². The van der Waals surface area contributed by atoms with E-state index >= 15 is 0 Å². The first-order valence-corrected chi connectivity index (χ1v) is 7.84. The Kier molecular flexibility index (Phi) is 4.77. The van der Waals surface area contributed by atoms with Gasteiger partial charge in [0.15, 0.2) is 0 Å². The van der Waals surface area contributed by atoms with Crippen LogP contribution in [0.25, 0.3) is 0 Å². The third kappa shape index (κ3) is 3.32. The lowest BCUT2D eigenvalue weighted by Gasteiger charge is -2.21. The Balaban J connectivity index is 1.95. The number of carbonyl (C=O) groups excluding carboxylic acids is 1. The maximum absolute atomic E-state index is 13.4. The molecule has 18 heavy (non-hydrogen) atoms. The fraction of sp³-hybridized carbons (Fsp3) is 0.417. The lowest BCUT2D eigenvalue weighted by molar-refractivity contribution is 0.0947. The van der Waals surface area contributed by atoms with Crippen molar-refractivity contribution in [1.29, 1.82) is 0 Å². The van der Waals surface area contributed by atoms with Gasteiger partial charge in [-0.1, -0.05) is 6.07 Å². The van der Waals surface area contributed by atoms with E-state index in [1.807, 2.05) is 23.5 Å². The number of phenolic OH excluding ortho intramolecular Hbond substituents is 1. The van der Waals surface area contributed by atoms with Crippen LogP contribution in [0.3, 0.4) is 0 Å². The molecule has 0 aliphatic carbocycles. The Hall–Kier alpha value is -0.880. The number of amides is 1. The van der Waals surface area contributed by atoms with Gasteiger partial charge in [0.05, 0.1) is 0 Å². The zero-order valence-electron chi connectivity index (χ0n) is 9.69. The molecular formula is C12H14FNO2S2. The van der Waals surface area contributed by atoms with Crippen molar-refractivity contribution in [3.05, 3.63) is 29.6 Å². The summed E-state index contributed by atoms with van der Waals surface area (Å²) in [6.07, 6.45) is 0. The summed E-state index contributed by atoms with van der Waals surface area (Å²) >= 11 is 3.68. The topological polar surface area (TPSA) is 49.3 Å². The molecule has 1 saturated heterocycles. The van der Waals surface area contributed by atoms with Crippen molar-refractivity contribution in [3.8, 4) is 5.75 Å². The minimum atomic E-state index is -0.696. The van der Waals surface area contributed by atoms with Crippen molar-refractivity contribution in [3.63, 3.8) is 0 Å². The van der Waals surface area contributed by atoms with Gasteiger partial charge in [-0.3, -0.25) is 4.79 Å². The van der Waals surface area contributed by atoms with E-state index in [1.54, 1.807) is 0 Å². The van der Waals surface area contributed by atoms with E-state index in [9.17, 15) is 14.3 Å².